The number of aromatic nitrogens is 3. The SMILES string of the molecule is Cc1nncn1-c1cccc(NC(=O)C2CCNCC2)c1.Cl. The largest absolute Gasteiger partial charge is 0.326 e. The minimum atomic E-state index is 0. The van der Waals surface area contributed by atoms with Crippen molar-refractivity contribution in [1.29, 1.82) is 0 Å². The highest BCUT2D eigenvalue weighted by Crippen LogP contribution is 2.18. The van der Waals surface area contributed by atoms with Crippen LogP contribution in [0, 0.1) is 12.8 Å². The third-order valence-electron chi connectivity index (χ3n) is 3.82. The summed E-state index contributed by atoms with van der Waals surface area (Å²) in [7, 11) is 0. The molecular formula is C15H20ClN5O. The van der Waals surface area contributed by atoms with Gasteiger partial charge in [-0.3, -0.25) is 9.36 Å². The summed E-state index contributed by atoms with van der Waals surface area (Å²) in [6.45, 7) is 3.73. The van der Waals surface area contributed by atoms with Gasteiger partial charge in [0.1, 0.15) is 12.2 Å². The van der Waals surface area contributed by atoms with Crippen molar-refractivity contribution < 1.29 is 4.79 Å². The van der Waals surface area contributed by atoms with Gasteiger partial charge < -0.3 is 10.6 Å². The quantitative estimate of drug-likeness (QED) is 0.906. The van der Waals surface area contributed by atoms with Crippen LogP contribution in [0.3, 0.4) is 0 Å². The van der Waals surface area contributed by atoms with Gasteiger partial charge in [-0.05, 0) is 51.1 Å². The fraction of sp³-hybridized carbons (Fsp3) is 0.400. The smallest absolute Gasteiger partial charge is 0.227 e. The highest BCUT2D eigenvalue weighted by Gasteiger charge is 2.20. The van der Waals surface area contributed by atoms with Gasteiger partial charge >= 0.3 is 0 Å². The first-order valence-corrected chi connectivity index (χ1v) is 7.22. The molecule has 2 N–H and O–H groups in total. The molecule has 1 fully saturated rings. The van der Waals surface area contributed by atoms with Gasteiger partial charge in [-0.1, -0.05) is 6.07 Å². The molecule has 2 aromatic rings. The molecule has 0 bridgehead atoms. The zero-order valence-electron chi connectivity index (χ0n) is 12.5. The van der Waals surface area contributed by atoms with Crippen molar-refractivity contribution in [1.82, 2.24) is 20.1 Å². The Bertz CT molecular complexity index is 636. The van der Waals surface area contributed by atoms with Crippen LogP contribution < -0.4 is 10.6 Å². The number of nitrogens with one attached hydrogen (secondary N) is 2. The van der Waals surface area contributed by atoms with E-state index in [9.17, 15) is 4.79 Å². The van der Waals surface area contributed by atoms with E-state index >= 15 is 0 Å². The average molecular weight is 322 g/mol. The highest BCUT2D eigenvalue weighted by atomic mass is 35.5. The molecule has 0 saturated carbocycles. The summed E-state index contributed by atoms with van der Waals surface area (Å²) in [6.07, 6.45) is 3.47. The molecule has 1 amide bonds. The molecule has 0 atom stereocenters. The Morgan fingerprint density at radius 1 is 1.36 bits per heavy atom. The standard InChI is InChI=1S/C15H19N5O.ClH/c1-11-19-17-10-20(11)14-4-2-3-13(9-14)18-15(21)12-5-7-16-8-6-12;/h2-4,9-10,12,16H,5-8H2,1H3,(H,18,21);1H. The third kappa shape index (κ3) is 3.64. The second-order valence-corrected chi connectivity index (χ2v) is 5.31. The fourth-order valence-electron chi connectivity index (χ4n) is 2.61. The number of carbonyl (C=O) groups is 1. The minimum absolute atomic E-state index is 0. The number of hydrogen-bond donors (Lipinski definition) is 2. The van der Waals surface area contributed by atoms with Crippen LogP contribution in [0.1, 0.15) is 18.7 Å². The molecule has 2 heterocycles. The zero-order chi connectivity index (χ0) is 14.7. The number of anilines is 1. The predicted octanol–water partition coefficient (Wildman–Crippen LogP) is 1.94. The van der Waals surface area contributed by atoms with Crippen LogP contribution in [0.2, 0.25) is 0 Å². The summed E-state index contributed by atoms with van der Waals surface area (Å²) >= 11 is 0. The molecule has 0 unspecified atom stereocenters. The molecule has 1 aliphatic rings. The first-order chi connectivity index (χ1) is 10.2. The summed E-state index contributed by atoms with van der Waals surface area (Å²) < 4.78 is 1.89. The lowest BCUT2D eigenvalue weighted by Crippen LogP contribution is -2.34. The molecule has 0 spiro atoms. The number of benzene rings is 1. The summed E-state index contributed by atoms with van der Waals surface area (Å²) in [5.41, 5.74) is 1.75. The summed E-state index contributed by atoms with van der Waals surface area (Å²) in [4.78, 5) is 12.3. The molecule has 1 aliphatic heterocycles. The molecular weight excluding hydrogens is 302 g/mol. The number of nitrogens with zero attached hydrogens (tertiary/aromatic N) is 3. The van der Waals surface area contributed by atoms with Crippen molar-refractivity contribution in [2.24, 2.45) is 5.92 Å². The molecule has 1 saturated heterocycles. The second-order valence-electron chi connectivity index (χ2n) is 5.31. The van der Waals surface area contributed by atoms with Gasteiger partial charge in [0.2, 0.25) is 5.91 Å². The van der Waals surface area contributed by atoms with Crippen LogP contribution in [-0.2, 0) is 4.79 Å². The van der Waals surface area contributed by atoms with E-state index in [0.717, 1.165) is 43.1 Å². The lowest BCUT2D eigenvalue weighted by molar-refractivity contribution is -0.120. The first kappa shape index (κ1) is 16.5. The topological polar surface area (TPSA) is 71.8 Å². The third-order valence-corrected chi connectivity index (χ3v) is 3.82. The molecule has 0 aliphatic carbocycles. The van der Waals surface area contributed by atoms with E-state index in [2.05, 4.69) is 20.8 Å². The maximum absolute atomic E-state index is 12.3. The second kappa shape index (κ2) is 7.38. The van der Waals surface area contributed by atoms with Crippen molar-refractivity contribution in [3.8, 4) is 5.69 Å². The van der Waals surface area contributed by atoms with Gasteiger partial charge in [0.05, 0.1) is 5.69 Å². The Labute approximate surface area is 135 Å². The van der Waals surface area contributed by atoms with Crippen molar-refractivity contribution in [3.63, 3.8) is 0 Å². The van der Waals surface area contributed by atoms with Crippen LogP contribution in [-0.4, -0.2) is 33.8 Å². The number of amides is 1. The normalized spacial score (nSPS) is 15.1. The number of piperidine rings is 1. The Kier molecular flexibility index (Phi) is 5.51. The molecule has 6 nitrogen and oxygen atoms in total. The van der Waals surface area contributed by atoms with Crippen LogP contribution in [0.15, 0.2) is 30.6 Å². The van der Waals surface area contributed by atoms with Crippen LogP contribution >= 0.6 is 12.4 Å². The van der Waals surface area contributed by atoms with Crippen molar-refractivity contribution in [2.75, 3.05) is 18.4 Å². The van der Waals surface area contributed by atoms with E-state index in [1.807, 2.05) is 35.8 Å². The Hall–Kier alpha value is -1.92. The van der Waals surface area contributed by atoms with E-state index in [4.69, 9.17) is 0 Å². The Morgan fingerprint density at radius 3 is 2.82 bits per heavy atom. The van der Waals surface area contributed by atoms with E-state index in [1.165, 1.54) is 0 Å². The van der Waals surface area contributed by atoms with Crippen molar-refractivity contribution >= 4 is 24.0 Å². The number of rotatable bonds is 3. The maximum Gasteiger partial charge on any atom is 0.227 e. The molecule has 1 aromatic heterocycles. The number of hydrogen-bond acceptors (Lipinski definition) is 4. The highest BCUT2D eigenvalue weighted by molar-refractivity contribution is 5.92. The van der Waals surface area contributed by atoms with E-state index in [0.29, 0.717) is 0 Å². The van der Waals surface area contributed by atoms with Crippen LogP contribution in [0.25, 0.3) is 5.69 Å². The molecule has 118 valence electrons. The van der Waals surface area contributed by atoms with Gasteiger partial charge in [0.15, 0.2) is 0 Å². The van der Waals surface area contributed by atoms with E-state index < -0.39 is 0 Å². The van der Waals surface area contributed by atoms with Crippen molar-refractivity contribution in [2.45, 2.75) is 19.8 Å². The summed E-state index contributed by atoms with van der Waals surface area (Å²) in [6, 6.07) is 7.74. The molecule has 22 heavy (non-hydrogen) atoms. The first-order valence-electron chi connectivity index (χ1n) is 7.22. The van der Waals surface area contributed by atoms with E-state index in [-0.39, 0.29) is 24.2 Å². The average Bonchev–Trinajstić information content (AvgIpc) is 2.94. The number of carbonyl (C=O) groups excluding carboxylic acids is 1. The zero-order valence-corrected chi connectivity index (χ0v) is 13.3. The maximum atomic E-state index is 12.3. The summed E-state index contributed by atoms with van der Waals surface area (Å²) in [5, 5.41) is 14.1. The molecule has 0 radical (unpaired) electrons. The van der Waals surface area contributed by atoms with Gasteiger partial charge in [0.25, 0.3) is 0 Å². The predicted molar refractivity (Wildman–Crippen MR) is 87.6 cm³/mol. The molecule has 1 aromatic carbocycles. The number of aryl methyl sites for hydroxylation is 1. The van der Waals surface area contributed by atoms with Gasteiger partial charge in [0, 0.05) is 11.6 Å². The Morgan fingerprint density at radius 2 is 2.14 bits per heavy atom. The minimum Gasteiger partial charge on any atom is -0.326 e. The molecule has 7 heteroatoms. The fourth-order valence-corrected chi connectivity index (χ4v) is 2.61. The number of halogens is 1. The molecule has 3 rings (SSSR count). The van der Waals surface area contributed by atoms with Gasteiger partial charge in [-0.2, -0.15) is 0 Å². The Balaban J connectivity index is 0.00000176. The van der Waals surface area contributed by atoms with Crippen molar-refractivity contribution in [3.05, 3.63) is 36.4 Å². The summed E-state index contributed by atoms with van der Waals surface area (Å²) in [5.74, 6) is 1.03. The van der Waals surface area contributed by atoms with Gasteiger partial charge in [-0.25, -0.2) is 0 Å². The lowest BCUT2D eigenvalue weighted by atomic mass is 9.97. The van der Waals surface area contributed by atoms with Gasteiger partial charge in [-0.15, -0.1) is 22.6 Å². The van der Waals surface area contributed by atoms with Crippen LogP contribution in [0.4, 0.5) is 5.69 Å². The lowest BCUT2D eigenvalue weighted by Gasteiger charge is -2.21. The van der Waals surface area contributed by atoms with E-state index in [1.54, 1.807) is 6.33 Å². The van der Waals surface area contributed by atoms with Crippen LogP contribution in [0.5, 0.6) is 0 Å². The monoisotopic (exact) mass is 321 g/mol.